The zero-order chi connectivity index (χ0) is 17.9. The Hall–Kier alpha value is -1.25. The molecule has 0 aliphatic carbocycles. The summed E-state index contributed by atoms with van der Waals surface area (Å²) in [6, 6.07) is 4.90. The molecule has 1 aromatic carbocycles. The third-order valence-corrected chi connectivity index (χ3v) is 5.93. The van der Waals surface area contributed by atoms with Crippen LogP contribution in [0.2, 0.25) is 25.7 Å². The summed E-state index contributed by atoms with van der Waals surface area (Å²) >= 11 is 3.19. The number of carbonyl (C=O) groups is 2. The van der Waals surface area contributed by atoms with Crippen LogP contribution in [0.1, 0.15) is 6.42 Å². The largest absolute Gasteiger partial charge is 0.361 e. The summed E-state index contributed by atoms with van der Waals surface area (Å²) in [7, 11) is -1.23. The lowest BCUT2D eigenvalue weighted by molar-refractivity contribution is -0.133. The summed E-state index contributed by atoms with van der Waals surface area (Å²) < 4.78 is 20.2. The van der Waals surface area contributed by atoms with E-state index in [2.05, 4.69) is 35.6 Å². The molecule has 0 bridgehead atoms. The fraction of sp³-hybridized carbons (Fsp3) is 0.500. The maximum Gasteiger partial charge on any atom is 0.333 e. The first-order chi connectivity index (χ1) is 11.2. The Morgan fingerprint density at radius 3 is 2.62 bits per heavy atom. The highest BCUT2D eigenvalue weighted by Crippen LogP contribution is 2.26. The first kappa shape index (κ1) is 19.1. The number of anilines is 1. The third kappa shape index (κ3) is 4.87. The summed E-state index contributed by atoms with van der Waals surface area (Å²) in [5, 5.41) is 0. The molecule has 8 heteroatoms. The van der Waals surface area contributed by atoms with Gasteiger partial charge in [0, 0.05) is 32.1 Å². The fourth-order valence-corrected chi connectivity index (χ4v) is 3.37. The normalized spacial score (nSPS) is 16.0. The minimum Gasteiger partial charge on any atom is -0.361 e. The highest BCUT2D eigenvalue weighted by molar-refractivity contribution is 9.10. The Balaban J connectivity index is 2.04. The van der Waals surface area contributed by atoms with E-state index in [4.69, 9.17) is 4.74 Å². The van der Waals surface area contributed by atoms with Crippen LogP contribution in [0.15, 0.2) is 22.7 Å². The van der Waals surface area contributed by atoms with E-state index < -0.39 is 19.9 Å². The number of imide groups is 1. The molecule has 24 heavy (non-hydrogen) atoms. The topological polar surface area (TPSA) is 49.9 Å². The van der Waals surface area contributed by atoms with Gasteiger partial charge in [-0.2, -0.15) is 0 Å². The molecule has 2 rings (SSSR count). The molecule has 1 fully saturated rings. The van der Waals surface area contributed by atoms with E-state index in [0.717, 1.165) is 10.9 Å². The molecule has 0 unspecified atom stereocenters. The summed E-state index contributed by atoms with van der Waals surface area (Å²) in [5.74, 6) is -0.798. The van der Waals surface area contributed by atoms with E-state index in [1.54, 1.807) is 6.07 Å². The SMILES string of the molecule is C[Si](C)(C)CCOCN1C(=O)CCN(c2ccc(Br)cc2F)C1=O. The van der Waals surface area contributed by atoms with Crippen LogP contribution in [0.5, 0.6) is 0 Å². The lowest BCUT2D eigenvalue weighted by Gasteiger charge is -2.34. The average Bonchev–Trinajstić information content (AvgIpc) is 2.46. The van der Waals surface area contributed by atoms with Gasteiger partial charge in [0.05, 0.1) is 5.69 Å². The van der Waals surface area contributed by atoms with Crippen molar-refractivity contribution < 1.29 is 18.7 Å². The van der Waals surface area contributed by atoms with Gasteiger partial charge in [-0.3, -0.25) is 9.69 Å². The number of halogens is 2. The van der Waals surface area contributed by atoms with E-state index in [0.29, 0.717) is 11.1 Å². The zero-order valence-corrected chi connectivity index (χ0v) is 16.7. The van der Waals surface area contributed by atoms with Gasteiger partial charge < -0.3 is 4.74 Å². The van der Waals surface area contributed by atoms with Crippen molar-refractivity contribution >= 4 is 41.6 Å². The molecule has 0 N–H and O–H groups in total. The minimum atomic E-state index is -1.23. The molecule has 0 aromatic heterocycles. The van der Waals surface area contributed by atoms with E-state index in [-0.39, 0.29) is 31.3 Å². The third-order valence-electron chi connectivity index (χ3n) is 3.73. The lowest BCUT2D eigenvalue weighted by Crippen LogP contribution is -2.53. The Bertz CT molecular complexity index is 636. The summed E-state index contributed by atoms with van der Waals surface area (Å²) in [6.07, 6.45) is 0.151. The first-order valence-electron chi connectivity index (χ1n) is 7.84. The van der Waals surface area contributed by atoms with Gasteiger partial charge in [0.25, 0.3) is 0 Å². The van der Waals surface area contributed by atoms with E-state index in [1.807, 2.05) is 0 Å². The number of hydrogen-bond donors (Lipinski definition) is 0. The number of amides is 3. The maximum absolute atomic E-state index is 14.1. The number of urea groups is 1. The molecule has 1 saturated heterocycles. The zero-order valence-electron chi connectivity index (χ0n) is 14.1. The number of nitrogens with zero attached hydrogens (tertiary/aromatic N) is 2. The van der Waals surface area contributed by atoms with Gasteiger partial charge in [-0.15, -0.1) is 0 Å². The molecular weight excluding hydrogens is 395 g/mol. The quantitative estimate of drug-likeness (QED) is 0.518. The second-order valence-corrected chi connectivity index (χ2v) is 13.5. The Kier molecular flexibility index (Phi) is 6.16. The summed E-state index contributed by atoms with van der Waals surface area (Å²) in [5.41, 5.74) is 0.169. The van der Waals surface area contributed by atoms with Crippen LogP contribution in [0.4, 0.5) is 14.9 Å². The molecule has 3 amide bonds. The molecular formula is C16H22BrFN2O3Si. The first-order valence-corrected chi connectivity index (χ1v) is 12.3. The van der Waals surface area contributed by atoms with Crippen LogP contribution in [-0.4, -0.2) is 44.8 Å². The van der Waals surface area contributed by atoms with Crippen molar-refractivity contribution in [3.63, 3.8) is 0 Å². The summed E-state index contributed by atoms with van der Waals surface area (Å²) in [4.78, 5) is 26.9. The van der Waals surface area contributed by atoms with Gasteiger partial charge in [0.1, 0.15) is 12.5 Å². The molecule has 1 aliphatic rings. The number of benzene rings is 1. The standard InChI is InChI=1S/C16H22BrFN2O3Si/c1-24(2,3)9-8-23-11-20-15(21)6-7-19(16(20)22)14-5-4-12(17)10-13(14)18/h4-5,10H,6-9,11H2,1-3H3. The predicted octanol–water partition coefficient (Wildman–Crippen LogP) is 4.06. The van der Waals surface area contributed by atoms with E-state index in [1.165, 1.54) is 17.0 Å². The van der Waals surface area contributed by atoms with E-state index in [9.17, 15) is 14.0 Å². The van der Waals surface area contributed by atoms with Gasteiger partial charge in [-0.05, 0) is 24.2 Å². The smallest absolute Gasteiger partial charge is 0.333 e. The van der Waals surface area contributed by atoms with Gasteiger partial charge in [0.2, 0.25) is 5.91 Å². The molecule has 1 aromatic rings. The maximum atomic E-state index is 14.1. The van der Waals surface area contributed by atoms with Gasteiger partial charge in [0.15, 0.2) is 0 Å². The molecule has 0 spiro atoms. The van der Waals surface area contributed by atoms with Gasteiger partial charge in [-0.25, -0.2) is 14.1 Å². The fourth-order valence-electron chi connectivity index (χ4n) is 2.28. The Morgan fingerprint density at radius 2 is 2.00 bits per heavy atom. The Morgan fingerprint density at radius 1 is 1.29 bits per heavy atom. The number of ether oxygens (including phenoxy) is 1. The van der Waals surface area contributed by atoms with Crippen LogP contribution in [0, 0.1) is 5.82 Å². The number of carbonyl (C=O) groups excluding carboxylic acids is 2. The number of hydrogen-bond acceptors (Lipinski definition) is 3. The second-order valence-electron chi connectivity index (χ2n) is 6.95. The lowest BCUT2D eigenvalue weighted by atomic mass is 10.2. The molecule has 0 atom stereocenters. The van der Waals surface area contributed by atoms with Crippen LogP contribution >= 0.6 is 15.9 Å². The second kappa shape index (κ2) is 7.75. The van der Waals surface area contributed by atoms with E-state index >= 15 is 0 Å². The highest BCUT2D eigenvalue weighted by Gasteiger charge is 2.34. The van der Waals surface area contributed by atoms with Crippen LogP contribution in [-0.2, 0) is 9.53 Å². The molecule has 1 heterocycles. The van der Waals surface area contributed by atoms with Crippen LogP contribution in [0.3, 0.4) is 0 Å². The van der Waals surface area contributed by atoms with Crippen LogP contribution < -0.4 is 4.90 Å². The van der Waals surface area contributed by atoms with Crippen molar-refractivity contribution in [3.05, 3.63) is 28.5 Å². The highest BCUT2D eigenvalue weighted by atomic mass is 79.9. The Labute approximate surface area is 150 Å². The van der Waals surface area contributed by atoms with Crippen molar-refractivity contribution in [2.75, 3.05) is 24.8 Å². The molecule has 132 valence electrons. The predicted molar refractivity (Wildman–Crippen MR) is 97.3 cm³/mol. The molecule has 0 radical (unpaired) electrons. The molecule has 0 saturated carbocycles. The van der Waals surface area contributed by atoms with Crippen molar-refractivity contribution in [3.8, 4) is 0 Å². The summed E-state index contributed by atoms with van der Waals surface area (Å²) in [6.45, 7) is 7.28. The van der Waals surface area contributed by atoms with Crippen molar-refractivity contribution in [2.45, 2.75) is 32.1 Å². The number of rotatable bonds is 6. The van der Waals surface area contributed by atoms with Crippen molar-refractivity contribution in [1.82, 2.24) is 4.90 Å². The minimum absolute atomic E-state index is 0.0865. The monoisotopic (exact) mass is 416 g/mol. The van der Waals surface area contributed by atoms with Crippen LogP contribution in [0.25, 0.3) is 0 Å². The molecule has 1 aliphatic heterocycles. The molecule has 5 nitrogen and oxygen atoms in total. The van der Waals surface area contributed by atoms with Gasteiger partial charge in [-0.1, -0.05) is 35.6 Å². The van der Waals surface area contributed by atoms with Gasteiger partial charge >= 0.3 is 6.03 Å². The average molecular weight is 417 g/mol. The van der Waals surface area contributed by atoms with Crippen molar-refractivity contribution in [1.29, 1.82) is 0 Å². The van der Waals surface area contributed by atoms with Crippen molar-refractivity contribution in [2.24, 2.45) is 0 Å².